The first-order chi connectivity index (χ1) is 9.80. The van der Waals surface area contributed by atoms with Gasteiger partial charge in [-0.25, -0.2) is 18.6 Å². The molecule has 1 aliphatic carbocycles. The van der Waals surface area contributed by atoms with E-state index in [2.05, 4.69) is 4.98 Å². The third-order valence-corrected chi connectivity index (χ3v) is 4.13. The average molecular weight is 291 g/mol. The van der Waals surface area contributed by atoms with Gasteiger partial charge in [0.05, 0.1) is 10.9 Å². The summed E-state index contributed by atoms with van der Waals surface area (Å²) in [4.78, 5) is 15.9. The number of carboxylic acids is 1. The van der Waals surface area contributed by atoms with E-state index in [-0.39, 0.29) is 21.9 Å². The van der Waals surface area contributed by atoms with Crippen molar-refractivity contribution >= 4 is 16.9 Å². The van der Waals surface area contributed by atoms with Gasteiger partial charge in [0, 0.05) is 5.69 Å². The van der Waals surface area contributed by atoms with Gasteiger partial charge in [0.1, 0.15) is 17.2 Å². The summed E-state index contributed by atoms with van der Waals surface area (Å²) in [5, 5.41) is 9.28. The third-order valence-electron chi connectivity index (χ3n) is 4.13. The molecule has 0 amide bonds. The zero-order chi connectivity index (χ0) is 15.4. The van der Waals surface area contributed by atoms with Crippen molar-refractivity contribution in [2.75, 3.05) is 0 Å². The van der Waals surface area contributed by atoms with Crippen LogP contribution in [0.1, 0.15) is 41.9 Å². The number of pyridine rings is 1. The van der Waals surface area contributed by atoms with E-state index in [9.17, 15) is 18.7 Å². The second kappa shape index (κ2) is 4.48. The summed E-state index contributed by atoms with van der Waals surface area (Å²) in [6, 6.07) is 1.93. The van der Waals surface area contributed by atoms with Gasteiger partial charge < -0.3 is 5.11 Å². The van der Waals surface area contributed by atoms with Crippen molar-refractivity contribution in [1.29, 1.82) is 0 Å². The molecule has 0 unspecified atom stereocenters. The lowest BCUT2D eigenvalue weighted by Gasteiger charge is -2.32. The van der Waals surface area contributed by atoms with Gasteiger partial charge in [-0.2, -0.15) is 0 Å². The van der Waals surface area contributed by atoms with Crippen LogP contribution < -0.4 is 0 Å². The Balaban J connectivity index is 2.44. The van der Waals surface area contributed by atoms with Gasteiger partial charge in [-0.1, -0.05) is 13.8 Å². The molecule has 1 heterocycles. The summed E-state index contributed by atoms with van der Waals surface area (Å²) in [5.74, 6) is -2.68. The Morgan fingerprint density at radius 3 is 2.62 bits per heavy atom. The lowest BCUT2D eigenvalue weighted by Crippen LogP contribution is -2.26. The van der Waals surface area contributed by atoms with Crippen LogP contribution in [0.2, 0.25) is 0 Å². The summed E-state index contributed by atoms with van der Waals surface area (Å²) >= 11 is 0. The normalized spacial score (nSPS) is 16.8. The van der Waals surface area contributed by atoms with E-state index in [4.69, 9.17) is 0 Å². The number of aromatic nitrogens is 1. The Labute approximate surface area is 120 Å². The van der Waals surface area contributed by atoms with Gasteiger partial charge in [0.25, 0.3) is 0 Å². The Morgan fingerprint density at radius 2 is 1.95 bits per heavy atom. The zero-order valence-corrected chi connectivity index (χ0v) is 11.8. The van der Waals surface area contributed by atoms with Crippen molar-refractivity contribution in [2.45, 2.75) is 33.1 Å². The molecule has 1 aliphatic rings. The molecule has 1 aromatic carbocycles. The molecule has 1 N–H and O–H groups in total. The van der Waals surface area contributed by atoms with Crippen LogP contribution in [0.15, 0.2) is 12.1 Å². The van der Waals surface area contributed by atoms with Crippen LogP contribution in [0.4, 0.5) is 8.78 Å². The fourth-order valence-corrected chi connectivity index (χ4v) is 3.04. The molecule has 110 valence electrons. The number of aromatic carboxylic acids is 1. The minimum absolute atomic E-state index is 0.0731. The van der Waals surface area contributed by atoms with Crippen LogP contribution in [0.5, 0.6) is 0 Å². The van der Waals surface area contributed by atoms with Gasteiger partial charge in [-0.05, 0) is 42.4 Å². The van der Waals surface area contributed by atoms with Gasteiger partial charge in [0.2, 0.25) is 0 Å². The number of rotatable bonds is 1. The smallest absolute Gasteiger partial charge is 0.336 e. The first kappa shape index (κ1) is 13.9. The standard InChI is InChI=1S/C16H15F2NO2/c1-16(2)6-5-11-8(7-16)12(15(20)21)13-9(17)3-4-10(18)14(13)19-11/h3-4H,5-7H2,1-2H3,(H,20,21). The number of halogens is 2. The topological polar surface area (TPSA) is 50.2 Å². The molecule has 3 nitrogen and oxygen atoms in total. The molecular formula is C16H15F2NO2. The lowest BCUT2D eigenvalue weighted by molar-refractivity contribution is 0.0696. The minimum Gasteiger partial charge on any atom is -0.478 e. The Bertz CT molecular complexity index is 769. The Morgan fingerprint density at radius 1 is 1.29 bits per heavy atom. The molecule has 1 aromatic heterocycles. The van der Waals surface area contributed by atoms with E-state index in [1.807, 2.05) is 13.8 Å². The molecule has 0 fully saturated rings. The van der Waals surface area contributed by atoms with E-state index >= 15 is 0 Å². The van der Waals surface area contributed by atoms with Gasteiger partial charge >= 0.3 is 5.97 Å². The number of benzene rings is 1. The van der Waals surface area contributed by atoms with Crippen molar-refractivity contribution in [3.63, 3.8) is 0 Å². The van der Waals surface area contributed by atoms with Crippen molar-refractivity contribution in [3.05, 3.63) is 40.6 Å². The van der Waals surface area contributed by atoms with E-state index in [1.165, 1.54) is 0 Å². The highest BCUT2D eigenvalue weighted by Crippen LogP contribution is 2.38. The van der Waals surface area contributed by atoms with E-state index in [1.54, 1.807) is 0 Å². The summed E-state index contributed by atoms with van der Waals surface area (Å²) in [5.41, 5.74) is 0.709. The van der Waals surface area contributed by atoms with Gasteiger partial charge in [0.15, 0.2) is 0 Å². The highest BCUT2D eigenvalue weighted by atomic mass is 19.1. The molecule has 0 aliphatic heterocycles. The highest BCUT2D eigenvalue weighted by molar-refractivity contribution is 6.04. The number of aryl methyl sites for hydroxylation is 1. The zero-order valence-electron chi connectivity index (χ0n) is 11.8. The number of carbonyl (C=O) groups is 1. The quantitative estimate of drug-likeness (QED) is 0.871. The monoisotopic (exact) mass is 291 g/mol. The summed E-state index contributed by atoms with van der Waals surface area (Å²) in [6.45, 7) is 4.07. The van der Waals surface area contributed by atoms with Crippen molar-refractivity contribution in [1.82, 2.24) is 4.98 Å². The van der Waals surface area contributed by atoms with Crippen LogP contribution in [-0.2, 0) is 12.8 Å². The fraction of sp³-hybridized carbons (Fsp3) is 0.375. The number of fused-ring (bicyclic) bond motifs is 2. The van der Waals surface area contributed by atoms with Gasteiger partial charge in [-0.3, -0.25) is 0 Å². The first-order valence-electron chi connectivity index (χ1n) is 6.83. The predicted octanol–water partition coefficient (Wildman–Crippen LogP) is 3.73. The van der Waals surface area contributed by atoms with Crippen molar-refractivity contribution in [3.8, 4) is 0 Å². The molecule has 5 heteroatoms. The molecule has 0 saturated heterocycles. The highest BCUT2D eigenvalue weighted by Gasteiger charge is 2.32. The summed E-state index contributed by atoms with van der Waals surface area (Å²) < 4.78 is 28.0. The molecule has 2 aromatic rings. The van der Waals surface area contributed by atoms with Crippen LogP contribution in [0.25, 0.3) is 10.9 Å². The maximum Gasteiger partial charge on any atom is 0.336 e. The van der Waals surface area contributed by atoms with E-state index in [0.717, 1.165) is 18.6 Å². The first-order valence-corrected chi connectivity index (χ1v) is 6.83. The maximum absolute atomic E-state index is 14.1. The maximum atomic E-state index is 14.1. The lowest BCUT2D eigenvalue weighted by atomic mass is 9.74. The van der Waals surface area contributed by atoms with Gasteiger partial charge in [-0.15, -0.1) is 0 Å². The number of hydrogen-bond donors (Lipinski definition) is 1. The van der Waals surface area contributed by atoms with E-state index < -0.39 is 17.6 Å². The molecule has 21 heavy (non-hydrogen) atoms. The molecule has 0 spiro atoms. The summed E-state index contributed by atoms with van der Waals surface area (Å²) in [6.07, 6.45) is 1.92. The molecule has 0 bridgehead atoms. The predicted molar refractivity (Wildman–Crippen MR) is 74.4 cm³/mol. The van der Waals surface area contributed by atoms with Crippen LogP contribution in [-0.4, -0.2) is 16.1 Å². The molecule has 0 atom stereocenters. The SMILES string of the molecule is CC1(C)CCc2nc3c(F)ccc(F)c3c(C(=O)O)c2C1. The fourth-order valence-electron chi connectivity index (χ4n) is 3.04. The van der Waals surface area contributed by atoms with E-state index in [0.29, 0.717) is 24.1 Å². The molecule has 3 rings (SSSR count). The minimum atomic E-state index is -1.24. The second-order valence-corrected chi connectivity index (χ2v) is 6.31. The molecule has 0 saturated carbocycles. The van der Waals surface area contributed by atoms with Crippen molar-refractivity contribution < 1.29 is 18.7 Å². The van der Waals surface area contributed by atoms with Crippen LogP contribution >= 0.6 is 0 Å². The Hall–Kier alpha value is -2.04. The molecular weight excluding hydrogens is 276 g/mol. The summed E-state index contributed by atoms with van der Waals surface area (Å²) in [7, 11) is 0. The number of nitrogens with zero attached hydrogens (tertiary/aromatic N) is 1. The average Bonchev–Trinajstić information content (AvgIpc) is 2.40. The second-order valence-electron chi connectivity index (χ2n) is 6.31. The number of carboxylic acid groups (broad SMARTS) is 1. The van der Waals surface area contributed by atoms with Crippen molar-refractivity contribution in [2.24, 2.45) is 5.41 Å². The Kier molecular flexibility index (Phi) is 2.97. The van der Waals surface area contributed by atoms with Crippen LogP contribution in [0, 0.1) is 17.0 Å². The molecule has 0 radical (unpaired) electrons. The number of hydrogen-bond acceptors (Lipinski definition) is 2. The van der Waals surface area contributed by atoms with Crippen LogP contribution in [0.3, 0.4) is 0 Å². The largest absolute Gasteiger partial charge is 0.478 e. The third kappa shape index (κ3) is 2.17.